The topological polar surface area (TPSA) is 26.3 Å². The van der Waals surface area contributed by atoms with Gasteiger partial charge in [-0.05, 0) is 18.4 Å². The maximum atomic E-state index is 12.1. The minimum absolute atomic E-state index is 0.138. The largest absolute Gasteiger partial charge is 0.465 e. The smallest absolute Gasteiger partial charge is 0.323 e. The molecule has 18 heavy (non-hydrogen) atoms. The second kappa shape index (κ2) is 7.47. The molecule has 1 aromatic carbocycles. The van der Waals surface area contributed by atoms with Crippen LogP contribution in [0.2, 0.25) is 0 Å². The fourth-order valence-corrected chi connectivity index (χ4v) is 2.72. The first-order valence-electron chi connectivity index (χ1n) is 6.43. The highest BCUT2D eigenvalue weighted by atomic mass is 32.2. The van der Waals surface area contributed by atoms with Gasteiger partial charge in [0.15, 0.2) is 0 Å². The molecule has 0 bridgehead atoms. The number of carbonyl (C=O) groups excluding carboxylic acids is 1. The van der Waals surface area contributed by atoms with Gasteiger partial charge in [0.05, 0.1) is 6.61 Å². The number of hydrogen-bond acceptors (Lipinski definition) is 3. The zero-order valence-electron chi connectivity index (χ0n) is 11.6. The minimum atomic E-state index is -0.219. The molecule has 1 aromatic rings. The summed E-state index contributed by atoms with van der Waals surface area (Å²) in [4.78, 5) is 12.1. The molecule has 0 aliphatic heterocycles. The number of esters is 1. The molecule has 0 saturated carbocycles. The summed E-state index contributed by atoms with van der Waals surface area (Å²) in [6, 6.07) is 9.86. The Balaban J connectivity index is 2.85. The maximum Gasteiger partial charge on any atom is 0.323 e. The fraction of sp³-hybridized carbons (Fsp3) is 0.533. The van der Waals surface area contributed by atoms with Crippen LogP contribution in [0.4, 0.5) is 0 Å². The van der Waals surface area contributed by atoms with Crippen molar-refractivity contribution in [2.45, 2.75) is 38.2 Å². The maximum absolute atomic E-state index is 12.1. The highest BCUT2D eigenvalue weighted by molar-refractivity contribution is 8.00. The van der Waals surface area contributed by atoms with Crippen molar-refractivity contribution in [2.24, 2.45) is 5.92 Å². The highest BCUT2D eigenvalue weighted by Gasteiger charge is 2.25. The molecular weight excluding hydrogens is 244 g/mol. The number of carbonyl (C=O) groups is 1. The van der Waals surface area contributed by atoms with Crippen LogP contribution in [0.15, 0.2) is 30.3 Å². The lowest BCUT2D eigenvalue weighted by molar-refractivity contribution is -0.142. The summed E-state index contributed by atoms with van der Waals surface area (Å²) in [6.07, 6.45) is 0. The predicted octanol–water partition coefficient (Wildman–Crippen LogP) is 4.07. The Hall–Kier alpha value is -0.960. The third kappa shape index (κ3) is 4.37. The van der Waals surface area contributed by atoms with Gasteiger partial charge in [0.2, 0.25) is 0 Å². The number of ether oxygens (including phenoxy) is 1. The van der Waals surface area contributed by atoms with Crippen molar-refractivity contribution in [2.75, 3.05) is 6.61 Å². The molecule has 0 heterocycles. The molecule has 1 rings (SSSR count). The van der Waals surface area contributed by atoms with E-state index in [9.17, 15) is 4.79 Å². The number of rotatable bonds is 6. The fourth-order valence-electron chi connectivity index (χ4n) is 1.49. The molecule has 0 amide bonds. The Morgan fingerprint density at radius 2 is 1.83 bits per heavy atom. The van der Waals surface area contributed by atoms with E-state index < -0.39 is 0 Å². The zero-order chi connectivity index (χ0) is 13.5. The van der Waals surface area contributed by atoms with Crippen molar-refractivity contribution in [3.8, 4) is 0 Å². The summed E-state index contributed by atoms with van der Waals surface area (Å²) < 4.78 is 5.18. The van der Waals surface area contributed by atoms with E-state index in [0.29, 0.717) is 17.8 Å². The van der Waals surface area contributed by atoms with Gasteiger partial charge in [-0.1, -0.05) is 51.1 Å². The zero-order valence-corrected chi connectivity index (χ0v) is 12.4. The van der Waals surface area contributed by atoms with Crippen molar-refractivity contribution in [1.82, 2.24) is 0 Å². The molecule has 2 unspecified atom stereocenters. The quantitative estimate of drug-likeness (QED) is 0.726. The van der Waals surface area contributed by atoms with Crippen LogP contribution in [0, 0.1) is 5.92 Å². The molecule has 0 aromatic heterocycles. The Kier molecular flexibility index (Phi) is 6.27. The van der Waals surface area contributed by atoms with Gasteiger partial charge in [-0.2, -0.15) is 0 Å². The lowest BCUT2D eigenvalue weighted by Crippen LogP contribution is -2.18. The molecule has 0 fully saturated rings. The molecule has 3 heteroatoms. The summed E-state index contributed by atoms with van der Waals surface area (Å²) in [7, 11) is 0. The first-order valence-corrected chi connectivity index (χ1v) is 7.37. The summed E-state index contributed by atoms with van der Waals surface area (Å²) in [6.45, 7) is 8.77. The molecule has 0 N–H and O–H groups in total. The van der Waals surface area contributed by atoms with E-state index in [1.807, 2.05) is 37.3 Å². The van der Waals surface area contributed by atoms with Gasteiger partial charge >= 0.3 is 5.97 Å². The molecule has 0 aliphatic rings. The average Bonchev–Trinajstić information content (AvgIpc) is 2.36. The highest BCUT2D eigenvalue weighted by Crippen LogP contribution is 2.35. The molecule has 100 valence electrons. The third-order valence-corrected chi connectivity index (χ3v) is 4.60. The summed E-state index contributed by atoms with van der Waals surface area (Å²) >= 11 is 1.68. The number of hydrogen-bond donors (Lipinski definition) is 0. The molecule has 0 aliphatic carbocycles. The Bertz CT molecular complexity index is 362. The summed E-state index contributed by atoms with van der Waals surface area (Å²) in [5, 5.41) is 0.197. The first-order chi connectivity index (χ1) is 8.56. The molecular formula is C15H22O2S. The third-order valence-electron chi connectivity index (χ3n) is 2.89. The van der Waals surface area contributed by atoms with Gasteiger partial charge in [-0.25, -0.2) is 0 Å². The van der Waals surface area contributed by atoms with Crippen molar-refractivity contribution >= 4 is 17.7 Å². The molecule has 0 spiro atoms. The van der Waals surface area contributed by atoms with Crippen molar-refractivity contribution in [1.29, 1.82) is 0 Å². The monoisotopic (exact) mass is 266 g/mol. The Morgan fingerprint density at radius 1 is 1.22 bits per heavy atom. The van der Waals surface area contributed by atoms with E-state index in [2.05, 4.69) is 20.8 Å². The van der Waals surface area contributed by atoms with Crippen LogP contribution in [0.5, 0.6) is 0 Å². The SMILES string of the molecule is CCOC(=O)C(SC(C)C(C)C)c1ccccc1. The molecule has 0 saturated heterocycles. The average molecular weight is 266 g/mol. The second-order valence-corrected chi connectivity index (χ2v) is 6.12. The predicted molar refractivity (Wildman–Crippen MR) is 77.7 cm³/mol. The number of thioether (sulfide) groups is 1. The van der Waals surface area contributed by atoms with Gasteiger partial charge in [0, 0.05) is 5.25 Å². The van der Waals surface area contributed by atoms with E-state index in [-0.39, 0.29) is 11.2 Å². The van der Waals surface area contributed by atoms with E-state index in [4.69, 9.17) is 4.74 Å². The molecule has 2 atom stereocenters. The van der Waals surface area contributed by atoms with E-state index >= 15 is 0 Å². The Morgan fingerprint density at radius 3 is 2.33 bits per heavy atom. The first kappa shape index (κ1) is 15.1. The van der Waals surface area contributed by atoms with Crippen molar-refractivity contribution in [3.05, 3.63) is 35.9 Å². The molecule has 2 nitrogen and oxygen atoms in total. The second-order valence-electron chi connectivity index (χ2n) is 4.63. The minimum Gasteiger partial charge on any atom is -0.465 e. The van der Waals surface area contributed by atoms with Crippen molar-refractivity contribution < 1.29 is 9.53 Å². The van der Waals surface area contributed by atoms with E-state index in [1.165, 1.54) is 0 Å². The van der Waals surface area contributed by atoms with Crippen LogP contribution in [0.1, 0.15) is 38.5 Å². The molecule has 0 radical (unpaired) electrons. The summed E-state index contributed by atoms with van der Waals surface area (Å²) in [5.41, 5.74) is 1.02. The van der Waals surface area contributed by atoms with Gasteiger partial charge < -0.3 is 4.74 Å². The Labute approximate surface area is 114 Å². The lowest BCUT2D eigenvalue weighted by Gasteiger charge is -2.22. The lowest BCUT2D eigenvalue weighted by atomic mass is 10.1. The van der Waals surface area contributed by atoms with Crippen LogP contribution in [-0.2, 0) is 9.53 Å². The summed E-state index contributed by atoms with van der Waals surface area (Å²) in [5.74, 6) is 0.400. The van der Waals surface area contributed by atoms with Crippen molar-refractivity contribution in [3.63, 3.8) is 0 Å². The van der Waals surface area contributed by atoms with Gasteiger partial charge in [0.25, 0.3) is 0 Å². The van der Waals surface area contributed by atoms with Gasteiger partial charge in [-0.3, -0.25) is 4.79 Å². The van der Waals surface area contributed by atoms with Crippen LogP contribution >= 0.6 is 11.8 Å². The van der Waals surface area contributed by atoms with E-state index in [1.54, 1.807) is 11.8 Å². The van der Waals surface area contributed by atoms with Crippen LogP contribution in [-0.4, -0.2) is 17.8 Å². The van der Waals surface area contributed by atoms with E-state index in [0.717, 1.165) is 5.56 Å². The van der Waals surface area contributed by atoms with Crippen LogP contribution in [0.25, 0.3) is 0 Å². The van der Waals surface area contributed by atoms with Gasteiger partial charge in [-0.15, -0.1) is 11.8 Å². The normalized spacial score (nSPS) is 14.3. The standard InChI is InChI=1S/C15H22O2S/c1-5-17-15(16)14(18-12(4)11(2)3)13-9-7-6-8-10-13/h6-12,14H,5H2,1-4H3. The van der Waals surface area contributed by atoms with Gasteiger partial charge in [0.1, 0.15) is 5.25 Å². The van der Waals surface area contributed by atoms with Crippen LogP contribution in [0.3, 0.4) is 0 Å². The number of benzene rings is 1. The van der Waals surface area contributed by atoms with Crippen LogP contribution < -0.4 is 0 Å².